The Bertz CT molecular complexity index is 1430. The lowest BCUT2D eigenvalue weighted by Gasteiger charge is -2.48. The molecular weight excluding hydrogens is 736 g/mol. The minimum absolute atomic E-state index is 1.07. The van der Waals surface area contributed by atoms with Gasteiger partial charge in [-0.1, -0.05) is 0 Å². The average molecular weight is 771 g/mol. The third-order valence-electron chi connectivity index (χ3n) is 7.04. The highest BCUT2D eigenvalue weighted by atomic mass is 32.3. The Labute approximate surface area is 271 Å². The van der Waals surface area contributed by atoms with Gasteiger partial charge in [-0.15, -0.1) is 0 Å². The third kappa shape index (κ3) is 10.6. The van der Waals surface area contributed by atoms with E-state index >= 15 is 0 Å². The second-order valence-electron chi connectivity index (χ2n) is 10.3. The summed E-state index contributed by atoms with van der Waals surface area (Å²) in [5.41, 5.74) is 11.6. The van der Waals surface area contributed by atoms with Crippen molar-refractivity contribution in [3.63, 3.8) is 0 Å². The molecule has 12 N–H and O–H groups in total. The molecule has 0 saturated carbocycles. The van der Waals surface area contributed by atoms with Crippen LogP contribution >= 0.6 is 0 Å². The largest absolute Gasteiger partial charge is 0.479 e. The number of hydrogen-bond acceptors (Lipinski definition) is 22. The summed E-state index contributed by atoms with van der Waals surface area (Å²) in [5.74, 6) is -1.97. The predicted molar refractivity (Wildman–Crippen MR) is 142 cm³/mol. The number of aliphatic carboxylic acids is 1. The summed E-state index contributed by atoms with van der Waals surface area (Å²) in [6, 6.07) is -3.31. The summed E-state index contributed by atoms with van der Waals surface area (Å²) in [6.07, 6.45) is -27.4. The van der Waals surface area contributed by atoms with Gasteiger partial charge in [0, 0.05) is 7.11 Å². The maximum Gasteiger partial charge on any atom is 0.397 e. The lowest BCUT2D eigenvalue weighted by atomic mass is 9.95. The van der Waals surface area contributed by atoms with Crippen LogP contribution in [0.1, 0.15) is 0 Å². The standard InChI is InChI=1S/C19H34N2O24S3/c1-37-17-7(21)10(24)12(5(41-17)3-39-47(31,32)33)42-19-14(45-48(34,35)36)11(25)13(15(44-19)16(26)27)43-18-6(20)9(23)8(22)4(40-18)2-38-46(28,29)30/h4-15,17-19,22-25H,2-3,20-21H2,1H3,(H,26,27)(H,28,29,30)(H,31,32,33)(H,34,35,36)/t4-,5-,6-,7-,8-,9-,10-,11+,12-,13+,14-,15-,17+,18-,19-/m1/s1. The minimum Gasteiger partial charge on any atom is -0.479 e. The van der Waals surface area contributed by atoms with E-state index in [4.69, 9.17) is 49.0 Å². The number of methoxy groups -OCH3 is 1. The minimum atomic E-state index is -5.59. The monoisotopic (exact) mass is 770 g/mol. The van der Waals surface area contributed by atoms with Gasteiger partial charge in [0.1, 0.15) is 48.8 Å². The quantitative estimate of drug-likeness (QED) is 0.0733. The van der Waals surface area contributed by atoms with Gasteiger partial charge in [-0.25, -0.2) is 17.3 Å². The molecule has 282 valence electrons. The number of carboxylic acids is 1. The summed E-state index contributed by atoms with van der Waals surface area (Å²) >= 11 is 0. The number of nitrogens with two attached hydrogens (primary N) is 2. The number of hydrogen-bond donors (Lipinski definition) is 10. The van der Waals surface area contributed by atoms with Crippen LogP contribution in [0.5, 0.6) is 0 Å². The van der Waals surface area contributed by atoms with Crippen molar-refractivity contribution in [1.29, 1.82) is 0 Å². The Morgan fingerprint density at radius 1 is 0.646 bits per heavy atom. The fourth-order valence-corrected chi connectivity index (χ4v) is 5.91. The molecule has 48 heavy (non-hydrogen) atoms. The lowest BCUT2D eigenvalue weighted by Crippen LogP contribution is -2.69. The van der Waals surface area contributed by atoms with Gasteiger partial charge in [0.05, 0.1) is 25.3 Å². The average Bonchev–Trinajstić information content (AvgIpc) is 2.95. The number of aliphatic hydroxyl groups is 4. The summed E-state index contributed by atoms with van der Waals surface area (Å²) in [6.45, 7) is -2.28. The van der Waals surface area contributed by atoms with Gasteiger partial charge < -0.3 is 65.4 Å². The zero-order valence-electron chi connectivity index (χ0n) is 24.1. The van der Waals surface area contributed by atoms with E-state index < -0.39 is 142 Å². The first-order valence-electron chi connectivity index (χ1n) is 13.1. The van der Waals surface area contributed by atoms with Crippen molar-refractivity contribution in [3.8, 4) is 0 Å². The van der Waals surface area contributed by atoms with E-state index in [1.165, 1.54) is 0 Å². The molecule has 26 nitrogen and oxygen atoms in total. The van der Waals surface area contributed by atoms with Gasteiger partial charge in [-0.05, 0) is 0 Å². The second-order valence-corrected chi connectivity index (χ2v) is 13.5. The van der Waals surface area contributed by atoms with Crippen LogP contribution in [0.4, 0.5) is 0 Å². The van der Waals surface area contributed by atoms with Crippen molar-refractivity contribution in [2.24, 2.45) is 11.5 Å². The molecule has 3 fully saturated rings. The zero-order chi connectivity index (χ0) is 36.5. The maximum absolute atomic E-state index is 12.3. The number of carbonyl (C=O) groups is 1. The van der Waals surface area contributed by atoms with E-state index in [-0.39, 0.29) is 0 Å². The molecule has 0 amide bonds. The molecule has 3 rings (SSSR count). The first-order chi connectivity index (χ1) is 21.9. The van der Waals surface area contributed by atoms with E-state index in [1.807, 2.05) is 0 Å². The molecule has 3 heterocycles. The van der Waals surface area contributed by atoms with E-state index in [9.17, 15) is 60.1 Å². The van der Waals surface area contributed by atoms with Crippen LogP contribution < -0.4 is 11.5 Å². The van der Waals surface area contributed by atoms with E-state index in [0.29, 0.717) is 0 Å². The topological polar surface area (TPSA) is 416 Å². The Balaban J connectivity index is 1.95. The molecule has 0 radical (unpaired) electrons. The van der Waals surface area contributed by atoms with Gasteiger partial charge in [0.15, 0.2) is 31.1 Å². The molecule has 0 aromatic rings. The molecule has 0 aromatic heterocycles. The molecule has 0 spiro atoms. The second kappa shape index (κ2) is 15.9. The Morgan fingerprint density at radius 2 is 1.15 bits per heavy atom. The SMILES string of the molecule is CO[C@H]1O[C@H](COS(=O)(=O)O)[C@@H](O[C@@H]2O[C@@H](C(=O)O)[C@@H](O[C@H]3O[C@H](COS(=O)(=O)O)[C@@H](O)[C@H](O)[C@H]3N)[C@H](O)[C@H]2OS(=O)(=O)O)[C@H](O)[C@H]1N. The van der Waals surface area contributed by atoms with E-state index in [1.54, 1.807) is 0 Å². The first kappa shape index (κ1) is 41.0. The predicted octanol–water partition coefficient (Wildman–Crippen LogP) is -7.41. The van der Waals surface area contributed by atoms with E-state index in [2.05, 4.69) is 12.5 Å². The Morgan fingerprint density at radius 3 is 1.65 bits per heavy atom. The summed E-state index contributed by atoms with van der Waals surface area (Å²) in [4.78, 5) is 12.3. The zero-order valence-corrected chi connectivity index (χ0v) is 26.5. The van der Waals surface area contributed by atoms with Crippen LogP contribution in [-0.2, 0) is 77.0 Å². The Kier molecular flexibility index (Phi) is 13.6. The normalized spacial score (nSPS) is 41.6. The van der Waals surface area contributed by atoms with Crippen molar-refractivity contribution in [1.82, 2.24) is 0 Å². The van der Waals surface area contributed by atoms with Crippen molar-refractivity contribution in [3.05, 3.63) is 0 Å². The summed E-state index contributed by atoms with van der Waals surface area (Å²) in [7, 11) is -14.8. The molecule has 0 bridgehead atoms. The number of rotatable bonds is 14. The highest BCUT2D eigenvalue weighted by Crippen LogP contribution is 2.34. The first-order valence-corrected chi connectivity index (χ1v) is 17.2. The number of aliphatic hydroxyl groups excluding tert-OH is 4. The van der Waals surface area contributed by atoms with Gasteiger partial charge in [0.2, 0.25) is 0 Å². The molecule has 3 saturated heterocycles. The van der Waals surface area contributed by atoms with Gasteiger partial charge >= 0.3 is 37.2 Å². The van der Waals surface area contributed by atoms with Crippen LogP contribution in [-0.4, -0.2) is 183 Å². The van der Waals surface area contributed by atoms with Crippen LogP contribution in [0.3, 0.4) is 0 Å². The number of ether oxygens (including phenoxy) is 6. The van der Waals surface area contributed by atoms with Gasteiger partial charge in [0.25, 0.3) is 0 Å². The molecule has 0 aliphatic carbocycles. The lowest BCUT2D eigenvalue weighted by molar-refractivity contribution is -0.357. The summed E-state index contributed by atoms with van der Waals surface area (Å²) < 4.78 is 139. The molecular formula is C19H34N2O24S3. The molecule has 0 unspecified atom stereocenters. The smallest absolute Gasteiger partial charge is 0.397 e. The highest BCUT2D eigenvalue weighted by molar-refractivity contribution is 7.81. The van der Waals surface area contributed by atoms with Crippen molar-refractivity contribution in [2.75, 3.05) is 20.3 Å². The molecule has 3 aliphatic heterocycles. The molecule has 29 heteroatoms. The van der Waals surface area contributed by atoms with Crippen LogP contribution in [0.2, 0.25) is 0 Å². The molecule has 3 aliphatic rings. The van der Waals surface area contributed by atoms with Gasteiger partial charge in [-0.2, -0.15) is 25.3 Å². The van der Waals surface area contributed by atoms with Crippen molar-refractivity contribution < 1.29 is 110 Å². The van der Waals surface area contributed by atoms with Crippen LogP contribution in [0.15, 0.2) is 0 Å². The highest BCUT2D eigenvalue weighted by Gasteiger charge is 2.56. The Hall–Kier alpha value is -1.40. The van der Waals surface area contributed by atoms with Crippen molar-refractivity contribution >= 4 is 37.2 Å². The van der Waals surface area contributed by atoms with Crippen LogP contribution in [0.25, 0.3) is 0 Å². The fourth-order valence-electron chi connectivity index (χ4n) is 4.81. The van der Waals surface area contributed by atoms with Crippen molar-refractivity contribution in [2.45, 2.75) is 92.0 Å². The molecule has 0 aromatic carbocycles. The molecule has 15 atom stereocenters. The fraction of sp³-hybridized carbons (Fsp3) is 0.947. The third-order valence-corrected chi connectivity index (χ3v) is 8.38. The summed E-state index contributed by atoms with van der Waals surface area (Å²) in [5, 5.41) is 52.3. The van der Waals surface area contributed by atoms with Gasteiger partial charge in [-0.3, -0.25) is 13.7 Å². The maximum atomic E-state index is 12.3. The van der Waals surface area contributed by atoms with Crippen LogP contribution in [0, 0.1) is 0 Å². The van der Waals surface area contributed by atoms with E-state index in [0.717, 1.165) is 7.11 Å². The number of carboxylic acid groups (broad SMARTS) is 1.